The van der Waals surface area contributed by atoms with Crippen molar-refractivity contribution in [1.82, 2.24) is 19.9 Å². The maximum atomic E-state index is 6.48. The summed E-state index contributed by atoms with van der Waals surface area (Å²) in [6, 6.07) is 72.1. The summed E-state index contributed by atoms with van der Waals surface area (Å²) in [7, 11) is 0. The summed E-state index contributed by atoms with van der Waals surface area (Å²) in [5.41, 5.74) is 18.5. The molecule has 14 rings (SSSR count). The number of rotatable bonds is 8. The van der Waals surface area contributed by atoms with Crippen LogP contribution in [0.25, 0.3) is 84.3 Å². The molecule has 0 N–H and O–H groups in total. The number of hydrogen-bond acceptors (Lipinski definition) is 6. The number of oxazole rings is 1. The van der Waals surface area contributed by atoms with Crippen molar-refractivity contribution in [1.29, 1.82) is 0 Å². The van der Waals surface area contributed by atoms with Gasteiger partial charge in [0.15, 0.2) is 17.2 Å². The first kappa shape index (κ1) is 42.6. The van der Waals surface area contributed by atoms with Crippen LogP contribution in [0.3, 0.4) is 0 Å². The van der Waals surface area contributed by atoms with Crippen LogP contribution in [-0.4, -0.2) is 26.0 Å². The van der Waals surface area contributed by atoms with E-state index >= 15 is 0 Å². The topological polar surface area (TPSA) is 67.9 Å². The molecular weight excluding hydrogens is 891 g/mol. The lowest BCUT2D eigenvalue weighted by Gasteiger charge is -2.35. The molecule has 0 fully saturated rings. The summed E-state index contributed by atoms with van der Waals surface area (Å²) in [5, 5.41) is 0. The van der Waals surface area contributed by atoms with Gasteiger partial charge in [0.2, 0.25) is 11.8 Å². The third-order valence-corrected chi connectivity index (χ3v) is 15.0. The summed E-state index contributed by atoms with van der Waals surface area (Å²) < 4.78 is 6.48. The molecule has 1 aliphatic heterocycles. The van der Waals surface area contributed by atoms with Crippen molar-refractivity contribution >= 4 is 28.3 Å². The Morgan fingerprint density at radius 3 is 1.89 bits per heavy atom. The monoisotopic (exact) mass is 937 g/mol. The Balaban J connectivity index is 0.920. The van der Waals surface area contributed by atoms with E-state index in [4.69, 9.17) is 24.4 Å². The number of para-hydroxylation sites is 2. The first-order valence-electron chi connectivity index (χ1n) is 25.2. The quantitative estimate of drug-likeness (QED) is 0.151. The van der Waals surface area contributed by atoms with Crippen LogP contribution in [0.5, 0.6) is 0 Å². The summed E-state index contributed by atoms with van der Waals surface area (Å²) in [6.07, 6.45) is 17.5. The second-order valence-electron chi connectivity index (χ2n) is 19.3. The Morgan fingerprint density at radius 1 is 0.438 bits per heavy atom. The van der Waals surface area contributed by atoms with Gasteiger partial charge in [-0.25, -0.2) is 9.97 Å². The van der Waals surface area contributed by atoms with Gasteiger partial charge in [0.25, 0.3) is 0 Å². The second kappa shape index (κ2) is 17.9. The van der Waals surface area contributed by atoms with Crippen molar-refractivity contribution in [2.24, 2.45) is 11.8 Å². The molecule has 6 heteroatoms. The fraction of sp³-hybridized carbons (Fsp3) is 0.0746. The molecule has 0 spiro atoms. The number of allylic oxidation sites excluding steroid dienone is 7. The van der Waals surface area contributed by atoms with Crippen molar-refractivity contribution in [2.75, 3.05) is 4.90 Å². The fourth-order valence-electron chi connectivity index (χ4n) is 11.6. The molecule has 6 nitrogen and oxygen atoms in total. The molecule has 0 saturated carbocycles. The highest BCUT2D eigenvalue weighted by molar-refractivity contribution is 5.92. The standard InChI is InChI=1S/C67H47N5O/c1-4-18-43(19-5-1)48-25-16-26-50(40-48)64-69-65(58-30-13-12-27-52(58)45-20-6-2-7-21-45)71-67(70-64)72-61-33-15-14-29-56(61)57-39-38-55-53-28-11-10-24-49(53)41-51(42-59(55)62(57)72)44-34-36-46(37-35-44)54-31-17-32-60-63(54)73-66(68-60)47-22-8-3-9-23-47/h1-40,42,49,53,57,62H,41H2. The molecule has 4 unspecified atom stereocenters. The summed E-state index contributed by atoms with van der Waals surface area (Å²) in [4.78, 5) is 23.8. The first-order chi connectivity index (χ1) is 36.2. The lowest BCUT2D eigenvalue weighted by Crippen LogP contribution is -2.35. The van der Waals surface area contributed by atoms with Crippen LogP contribution in [0.4, 0.5) is 11.6 Å². The van der Waals surface area contributed by atoms with Gasteiger partial charge < -0.3 is 9.32 Å². The molecule has 0 amide bonds. The average Bonchev–Trinajstić information content (AvgIpc) is 4.01. The number of benzene rings is 8. The van der Waals surface area contributed by atoms with Gasteiger partial charge in [0, 0.05) is 39.8 Å². The SMILES string of the molecule is C1=CC2CC(c3ccc(-c4cccc5nc(-c6ccccc6)oc45)cc3)=CC3=C(C=CC4c5ccccc5N(c5nc(-c6cccc(-c7ccccc7)c6)nc(-c6ccccc6-c6ccccc6)n5)C34)C2C=C1. The zero-order chi connectivity index (χ0) is 48.2. The summed E-state index contributed by atoms with van der Waals surface area (Å²) >= 11 is 0. The molecule has 0 bridgehead atoms. The fourth-order valence-corrected chi connectivity index (χ4v) is 11.6. The van der Waals surface area contributed by atoms with Gasteiger partial charge in [0.1, 0.15) is 5.52 Å². The molecular formula is C67H47N5O. The largest absolute Gasteiger partial charge is 0.435 e. The van der Waals surface area contributed by atoms with Crippen molar-refractivity contribution in [3.63, 3.8) is 0 Å². The molecule has 2 aromatic heterocycles. The number of nitrogens with zero attached hydrogens (tertiary/aromatic N) is 5. The van der Waals surface area contributed by atoms with Gasteiger partial charge in [-0.15, -0.1) is 0 Å². The van der Waals surface area contributed by atoms with E-state index in [2.05, 4.69) is 217 Å². The molecule has 3 heterocycles. The van der Waals surface area contributed by atoms with Crippen molar-refractivity contribution in [3.8, 4) is 67.6 Å². The lowest BCUT2D eigenvalue weighted by atomic mass is 9.75. The van der Waals surface area contributed by atoms with E-state index in [1.54, 1.807) is 0 Å². The normalized spacial score (nSPS) is 18.5. The summed E-state index contributed by atoms with van der Waals surface area (Å²) in [6.45, 7) is 0. The molecule has 73 heavy (non-hydrogen) atoms. The van der Waals surface area contributed by atoms with Crippen LogP contribution in [0.15, 0.2) is 264 Å². The van der Waals surface area contributed by atoms with Crippen LogP contribution in [0.1, 0.15) is 23.5 Å². The van der Waals surface area contributed by atoms with Crippen LogP contribution < -0.4 is 4.90 Å². The zero-order valence-electron chi connectivity index (χ0n) is 39.8. The second-order valence-corrected chi connectivity index (χ2v) is 19.3. The Kier molecular flexibility index (Phi) is 10.4. The zero-order valence-corrected chi connectivity index (χ0v) is 39.8. The minimum atomic E-state index is -0.129. The highest BCUT2D eigenvalue weighted by Gasteiger charge is 2.45. The molecule has 0 saturated heterocycles. The van der Waals surface area contributed by atoms with Gasteiger partial charge in [-0.1, -0.05) is 218 Å². The first-order valence-corrected chi connectivity index (χ1v) is 25.2. The molecule has 8 aromatic carbocycles. The predicted octanol–water partition coefficient (Wildman–Crippen LogP) is 16.3. The molecule has 346 valence electrons. The molecule has 3 aliphatic carbocycles. The van der Waals surface area contributed by atoms with Crippen LogP contribution in [-0.2, 0) is 0 Å². The Bertz CT molecular complexity index is 3900. The van der Waals surface area contributed by atoms with Crippen molar-refractivity contribution in [2.45, 2.75) is 18.4 Å². The van der Waals surface area contributed by atoms with Crippen molar-refractivity contribution < 1.29 is 4.42 Å². The molecule has 4 atom stereocenters. The van der Waals surface area contributed by atoms with Gasteiger partial charge in [-0.05, 0) is 98.3 Å². The van der Waals surface area contributed by atoms with E-state index in [0.717, 1.165) is 73.3 Å². The van der Waals surface area contributed by atoms with E-state index < -0.39 is 0 Å². The molecule has 10 aromatic rings. The Labute approximate surface area is 424 Å². The van der Waals surface area contributed by atoms with Crippen LogP contribution in [0.2, 0.25) is 0 Å². The van der Waals surface area contributed by atoms with Crippen LogP contribution >= 0.6 is 0 Å². The van der Waals surface area contributed by atoms with Gasteiger partial charge in [-0.2, -0.15) is 9.97 Å². The van der Waals surface area contributed by atoms with E-state index in [0.29, 0.717) is 23.5 Å². The van der Waals surface area contributed by atoms with Crippen molar-refractivity contribution in [3.05, 3.63) is 271 Å². The van der Waals surface area contributed by atoms with E-state index in [9.17, 15) is 0 Å². The maximum absolute atomic E-state index is 6.48. The smallest absolute Gasteiger partial charge is 0.234 e. The van der Waals surface area contributed by atoms with Gasteiger partial charge in [-0.3, -0.25) is 0 Å². The third-order valence-electron chi connectivity index (χ3n) is 15.0. The minimum absolute atomic E-state index is 0.0549. The number of anilines is 2. The predicted molar refractivity (Wildman–Crippen MR) is 296 cm³/mol. The molecule has 4 aliphatic rings. The van der Waals surface area contributed by atoms with E-state index in [-0.39, 0.29) is 23.8 Å². The minimum Gasteiger partial charge on any atom is -0.435 e. The number of hydrogen-bond donors (Lipinski definition) is 0. The summed E-state index contributed by atoms with van der Waals surface area (Å²) in [5.74, 6) is 3.02. The van der Waals surface area contributed by atoms with E-state index in [1.165, 1.54) is 27.8 Å². The van der Waals surface area contributed by atoms with Crippen LogP contribution in [0, 0.1) is 11.8 Å². The number of aromatic nitrogens is 4. The van der Waals surface area contributed by atoms with Gasteiger partial charge in [0.05, 0.1) is 6.04 Å². The highest BCUT2D eigenvalue weighted by Crippen LogP contribution is 2.54. The van der Waals surface area contributed by atoms with E-state index in [1.807, 2.05) is 36.4 Å². The average molecular weight is 938 g/mol. The highest BCUT2D eigenvalue weighted by atomic mass is 16.3. The maximum Gasteiger partial charge on any atom is 0.234 e. The Morgan fingerprint density at radius 2 is 1.07 bits per heavy atom. The number of fused-ring (bicyclic) bond motifs is 7. The third kappa shape index (κ3) is 7.58. The van der Waals surface area contributed by atoms with Gasteiger partial charge >= 0.3 is 0 Å². The Hall–Kier alpha value is -9.26. The molecule has 0 radical (unpaired) electrons. The lowest BCUT2D eigenvalue weighted by molar-refractivity contribution is 0.542.